The van der Waals surface area contributed by atoms with Gasteiger partial charge in [-0.05, 0) is 57.6 Å². The van der Waals surface area contributed by atoms with E-state index in [0.717, 1.165) is 32.0 Å². The minimum Gasteiger partial charge on any atom is -0.336 e. The Balaban J connectivity index is 1.42. The van der Waals surface area contributed by atoms with Gasteiger partial charge in [-0.1, -0.05) is 30.3 Å². The summed E-state index contributed by atoms with van der Waals surface area (Å²) in [6, 6.07) is 12.1. The summed E-state index contributed by atoms with van der Waals surface area (Å²) in [5, 5.41) is 0. The largest absolute Gasteiger partial charge is 0.336 e. The van der Waals surface area contributed by atoms with Crippen molar-refractivity contribution in [3.63, 3.8) is 0 Å². The summed E-state index contributed by atoms with van der Waals surface area (Å²) in [6.45, 7) is 5.97. The molecule has 2 atom stereocenters. The minimum absolute atomic E-state index is 0.370. The molecule has 0 radical (unpaired) electrons. The minimum atomic E-state index is 0.370. The molecule has 1 aliphatic heterocycles. The zero-order chi connectivity index (χ0) is 18.1. The van der Waals surface area contributed by atoms with E-state index in [2.05, 4.69) is 59.0 Å². The second kappa shape index (κ2) is 7.69. The second-order valence-corrected chi connectivity index (χ2v) is 8.69. The molecule has 1 saturated heterocycles. The number of carbonyl (C=O) groups excluding carboxylic acids is 1. The van der Waals surface area contributed by atoms with Crippen molar-refractivity contribution in [3.8, 4) is 0 Å². The maximum atomic E-state index is 13.2. The first-order valence-electron chi connectivity index (χ1n) is 10.4. The Morgan fingerprint density at radius 2 is 1.88 bits per heavy atom. The van der Waals surface area contributed by atoms with Crippen LogP contribution in [0.1, 0.15) is 38.2 Å². The Kier molecular flexibility index (Phi) is 5.32. The van der Waals surface area contributed by atoms with Crippen molar-refractivity contribution in [2.75, 3.05) is 33.2 Å². The van der Waals surface area contributed by atoms with E-state index < -0.39 is 0 Å². The predicted octanol–water partition coefficient (Wildman–Crippen LogP) is 2.63. The van der Waals surface area contributed by atoms with Gasteiger partial charge < -0.3 is 9.80 Å². The highest BCUT2D eigenvalue weighted by Gasteiger charge is 2.42. The number of rotatable bonds is 7. The van der Waals surface area contributed by atoms with E-state index in [1.165, 1.54) is 31.2 Å². The molecule has 3 fully saturated rings. The summed E-state index contributed by atoms with van der Waals surface area (Å²) in [5.41, 5.74) is 1.37. The van der Waals surface area contributed by atoms with Crippen molar-refractivity contribution in [3.05, 3.63) is 35.9 Å². The molecule has 2 unspecified atom stereocenters. The number of likely N-dealkylation sites (N-methyl/N-ethyl adjacent to an activating group) is 1. The van der Waals surface area contributed by atoms with E-state index in [4.69, 9.17) is 0 Å². The number of nitrogens with zero attached hydrogens (tertiary/aromatic N) is 3. The van der Waals surface area contributed by atoms with Crippen molar-refractivity contribution < 1.29 is 4.79 Å². The molecule has 1 heterocycles. The van der Waals surface area contributed by atoms with E-state index in [-0.39, 0.29) is 0 Å². The molecule has 1 amide bonds. The molecule has 0 spiro atoms. The summed E-state index contributed by atoms with van der Waals surface area (Å²) in [4.78, 5) is 20.3. The van der Waals surface area contributed by atoms with Gasteiger partial charge in [0.05, 0.1) is 6.54 Å². The first-order valence-corrected chi connectivity index (χ1v) is 10.4. The van der Waals surface area contributed by atoms with Crippen LogP contribution in [0.25, 0.3) is 0 Å². The third-order valence-corrected chi connectivity index (χ3v) is 6.43. The zero-order valence-electron chi connectivity index (χ0n) is 16.3. The van der Waals surface area contributed by atoms with Gasteiger partial charge in [-0.3, -0.25) is 9.69 Å². The molecule has 3 aliphatic rings. The van der Waals surface area contributed by atoms with Crippen molar-refractivity contribution in [2.24, 2.45) is 5.92 Å². The Morgan fingerprint density at radius 3 is 2.54 bits per heavy atom. The number of benzene rings is 1. The fourth-order valence-corrected chi connectivity index (χ4v) is 4.51. The summed E-state index contributed by atoms with van der Waals surface area (Å²) >= 11 is 0. The van der Waals surface area contributed by atoms with Crippen LogP contribution in [0.3, 0.4) is 0 Å². The fourth-order valence-electron chi connectivity index (χ4n) is 4.51. The highest BCUT2D eigenvalue weighted by atomic mass is 16.2. The Bertz CT molecular complexity index is 611. The van der Waals surface area contributed by atoms with Gasteiger partial charge in [0.15, 0.2) is 0 Å². The Hall–Kier alpha value is -1.39. The van der Waals surface area contributed by atoms with Gasteiger partial charge in [-0.25, -0.2) is 0 Å². The molecule has 0 aromatic heterocycles. The van der Waals surface area contributed by atoms with E-state index in [0.29, 0.717) is 30.6 Å². The maximum Gasteiger partial charge on any atom is 0.237 e. The average molecular weight is 356 g/mol. The molecule has 4 nitrogen and oxygen atoms in total. The topological polar surface area (TPSA) is 26.8 Å². The molecule has 0 N–H and O–H groups in total. The Morgan fingerprint density at radius 1 is 1.15 bits per heavy atom. The smallest absolute Gasteiger partial charge is 0.237 e. The van der Waals surface area contributed by atoms with E-state index in [1.807, 2.05) is 0 Å². The highest BCUT2D eigenvalue weighted by Crippen LogP contribution is 2.39. The van der Waals surface area contributed by atoms with Crippen LogP contribution in [0.2, 0.25) is 0 Å². The first-order chi connectivity index (χ1) is 12.6. The van der Waals surface area contributed by atoms with E-state index in [9.17, 15) is 4.79 Å². The molecular weight excluding hydrogens is 322 g/mol. The van der Waals surface area contributed by atoms with Crippen molar-refractivity contribution in [1.29, 1.82) is 0 Å². The molecular formula is C22H33N3O. The molecule has 2 aliphatic carbocycles. The van der Waals surface area contributed by atoms with Crippen LogP contribution in [0.15, 0.2) is 30.3 Å². The summed E-state index contributed by atoms with van der Waals surface area (Å²) in [5.74, 6) is 1.13. The van der Waals surface area contributed by atoms with Crippen LogP contribution in [0.5, 0.6) is 0 Å². The number of piperazine rings is 1. The Labute approximate surface area is 158 Å². The third-order valence-electron chi connectivity index (χ3n) is 6.43. The fraction of sp³-hybridized carbons (Fsp3) is 0.682. The van der Waals surface area contributed by atoms with Gasteiger partial charge in [-0.15, -0.1) is 0 Å². The summed E-state index contributed by atoms with van der Waals surface area (Å²) in [6.07, 6.45) is 6.06. The normalized spacial score (nSPS) is 25.8. The van der Waals surface area contributed by atoms with Crippen LogP contribution in [0, 0.1) is 5.92 Å². The SMILES string of the molecule is CC(C1CC1)N(C(=O)CN1CCN(C)CC1Cc1ccccc1)C1CC1. The molecule has 4 heteroatoms. The van der Waals surface area contributed by atoms with Crippen molar-refractivity contribution >= 4 is 5.91 Å². The third kappa shape index (κ3) is 4.29. The standard InChI is InChI=1S/C22H33N3O/c1-17(19-8-9-19)25(20-10-11-20)22(26)16-24-13-12-23(2)15-21(24)14-18-6-4-3-5-7-18/h3-7,17,19-21H,8-16H2,1-2H3. The zero-order valence-corrected chi connectivity index (χ0v) is 16.3. The quantitative estimate of drug-likeness (QED) is 0.752. The van der Waals surface area contributed by atoms with Gasteiger partial charge >= 0.3 is 0 Å². The van der Waals surface area contributed by atoms with Crippen LogP contribution in [0.4, 0.5) is 0 Å². The monoisotopic (exact) mass is 355 g/mol. The lowest BCUT2D eigenvalue weighted by molar-refractivity contribution is -0.136. The lowest BCUT2D eigenvalue weighted by Crippen LogP contribution is -2.56. The average Bonchev–Trinajstić information content (AvgIpc) is 3.52. The summed E-state index contributed by atoms with van der Waals surface area (Å²) in [7, 11) is 2.20. The summed E-state index contributed by atoms with van der Waals surface area (Å²) < 4.78 is 0. The van der Waals surface area contributed by atoms with Gasteiger partial charge in [0.25, 0.3) is 0 Å². The van der Waals surface area contributed by atoms with Crippen molar-refractivity contribution in [1.82, 2.24) is 14.7 Å². The lowest BCUT2D eigenvalue weighted by atomic mass is 10.0. The van der Waals surface area contributed by atoms with Crippen LogP contribution in [-0.4, -0.2) is 72.0 Å². The molecule has 0 bridgehead atoms. The molecule has 2 saturated carbocycles. The van der Waals surface area contributed by atoms with Gasteiger partial charge in [0.1, 0.15) is 0 Å². The van der Waals surface area contributed by atoms with Gasteiger partial charge in [-0.2, -0.15) is 0 Å². The lowest BCUT2D eigenvalue weighted by Gasteiger charge is -2.41. The van der Waals surface area contributed by atoms with Gasteiger partial charge in [0, 0.05) is 37.8 Å². The van der Waals surface area contributed by atoms with Gasteiger partial charge in [0.2, 0.25) is 5.91 Å². The molecule has 1 aromatic carbocycles. The molecule has 26 heavy (non-hydrogen) atoms. The van der Waals surface area contributed by atoms with Crippen LogP contribution < -0.4 is 0 Å². The van der Waals surface area contributed by atoms with E-state index >= 15 is 0 Å². The number of hydrogen-bond donors (Lipinski definition) is 0. The molecule has 1 aromatic rings. The number of hydrogen-bond acceptors (Lipinski definition) is 3. The predicted molar refractivity (Wildman–Crippen MR) is 105 cm³/mol. The number of amides is 1. The first kappa shape index (κ1) is 18.0. The van der Waals surface area contributed by atoms with E-state index in [1.54, 1.807) is 0 Å². The van der Waals surface area contributed by atoms with Crippen molar-refractivity contribution in [2.45, 2.75) is 57.2 Å². The second-order valence-electron chi connectivity index (χ2n) is 8.69. The number of carbonyl (C=O) groups is 1. The molecule has 142 valence electrons. The highest BCUT2D eigenvalue weighted by molar-refractivity contribution is 5.79. The molecule has 4 rings (SSSR count). The van der Waals surface area contributed by atoms with Crippen LogP contribution >= 0.6 is 0 Å². The maximum absolute atomic E-state index is 13.2. The van der Waals surface area contributed by atoms with Crippen LogP contribution in [-0.2, 0) is 11.2 Å².